The van der Waals surface area contributed by atoms with Gasteiger partial charge in [-0.15, -0.1) is 0 Å². The Morgan fingerprint density at radius 2 is 0.953 bits per heavy atom. The first-order chi connectivity index (χ1) is 21.0. The molecule has 0 atom stereocenters. The fraction of sp³-hybridized carbons (Fsp3) is 0.0263. The van der Waals surface area contributed by atoms with Gasteiger partial charge < -0.3 is 0 Å². The third-order valence-electron chi connectivity index (χ3n) is 7.73. The van der Waals surface area contributed by atoms with Gasteiger partial charge >= 0.3 is 6.18 Å². The largest absolute Gasteiger partial charge is 0.417 e. The normalized spacial score (nSPS) is 11.6. The van der Waals surface area contributed by atoms with E-state index in [1.54, 1.807) is 0 Å². The van der Waals surface area contributed by atoms with Crippen molar-refractivity contribution in [1.82, 2.24) is 4.98 Å². The summed E-state index contributed by atoms with van der Waals surface area (Å²) in [4.78, 5) is 6.29. The fourth-order valence-electron chi connectivity index (χ4n) is 5.76. The molecule has 0 radical (unpaired) electrons. The molecule has 2 nitrogen and oxygen atoms in total. The van der Waals surface area contributed by atoms with E-state index in [4.69, 9.17) is 0 Å². The van der Waals surface area contributed by atoms with E-state index in [2.05, 4.69) is 65.6 Å². The predicted molar refractivity (Wildman–Crippen MR) is 170 cm³/mol. The van der Waals surface area contributed by atoms with Crippen LogP contribution in [0.1, 0.15) is 5.56 Å². The predicted octanol–water partition coefficient (Wildman–Crippen LogP) is 11.2. The molecular formula is C38H25F3N2. The van der Waals surface area contributed by atoms with Crippen LogP contribution in [-0.2, 0) is 6.18 Å². The van der Waals surface area contributed by atoms with Crippen molar-refractivity contribution in [1.29, 1.82) is 0 Å². The van der Waals surface area contributed by atoms with Crippen LogP contribution in [0.2, 0.25) is 0 Å². The molecule has 43 heavy (non-hydrogen) atoms. The monoisotopic (exact) mass is 566 g/mol. The summed E-state index contributed by atoms with van der Waals surface area (Å²) in [7, 11) is 0. The van der Waals surface area contributed by atoms with Gasteiger partial charge in [-0.3, -0.25) is 4.90 Å². The minimum atomic E-state index is -4.47. The Morgan fingerprint density at radius 1 is 0.465 bits per heavy atom. The van der Waals surface area contributed by atoms with Crippen LogP contribution in [0.15, 0.2) is 152 Å². The number of aromatic nitrogens is 1. The van der Waals surface area contributed by atoms with Gasteiger partial charge in [-0.25, -0.2) is 4.98 Å². The summed E-state index contributed by atoms with van der Waals surface area (Å²) in [5.74, 6) is 0.398. The van der Waals surface area contributed by atoms with Crippen LogP contribution < -0.4 is 4.90 Å². The van der Waals surface area contributed by atoms with E-state index >= 15 is 0 Å². The van der Waals surface area contributed by atoms with E-state index < -0.39 is 11.7 Å². The van der Waals surface area contributed by atoms with E-state index in [1.165, 1.54) is 6.07 Å². The molecule has 1 heterocycles. The van der Waals surface area contributed by atoms with E-state index in [0.29, 0.717) is 5.82 Å². The second-order valence-corrected chi connectivity index (χ2v) is 10.3. The Balaban J connectivity index is 1.49. The van der Waals surface area contributed by atoms with Gasteiger partial charge in [-0.1, -0.05) is 121 Å². The van der Waals surface area contributed by atoms with Crippen molar-refractivity contribution >= 4 is 38.7 Å². The SMILES string of the molecule is FC(F)(F)c1ccc(N(c2ccccc2)c2c3ccccc3c(-c3ccc(-c4ccccc4)cc3)c3ccccc23)nc1. The summed E-state index contributed by atoms with van der Waals surface area (Å²) in [6.07, 6.45) is -3.57. The highest BCUT2D eigenvalue weighted by Gasteiger charge is 2.31. The van der Waals surface area contributed by atoms with Gasteiger partial charge in [0.15, 0.2) is 0 Å². The molecule has 0 unspecified atom stereocenters. The van der Waals surface area contributed by atoms with Gasteiger partial charge in [0.05, 0.1) is 11.3 Å². The first kappa shape index (κ1) is 26.5. The topological polar surface area (TPSA) is 16.1 Å². The molecule has 5 heteroatoms. The van der Waals surface area contributed by atoms with E-state index in [1.807, 2.05) is 77.7 Å². The van der Waals surface area contributed by atoms with Crippen LogP contribution >= 0.6 is 0 Å². The molecule has 0 bridgehead atoms. The van der Waals surface area contributed by atoms with Crippen LogP contribution in [0.5, 0.6) is 0 Å². The summed E-state index contributed by atoms with van der Waals surface area (Å²) < 4.78 is 40.4. The number of benzene rings is 6. The summed E-state index contributed by atoms with van der Waals surface area (Å²) >= 11 is 0. The van der Waals surface area contributed by atoms with Crippen LogP contribution in [0.25, 0.3) is 43.8 Å². The number of rotatable bonds is 5. The third kappa shape index (κ3) is 4.89. The van der Waals surface area contributed by atoms with Crippen molar-refractivity contribution in [3.05, 3.63) is 157 Å². The first-order valence-corrected chi connectivity index (χ1v) is 14.0. The smallest absolute Gasteiger partial charge is 0.294 e. The Bertz CT molecular complexity index is 1980. The average molecular weight is 567 g/mol. The molecule has 0 aliphatic rings. The zero-order valence-corrected chi connectivity index (χ0v) is 23.0. The molecule has 0 aliphatic carbocycles. The molecule has 0 amide bonds. The van der Waals surface area contributed by atoms with Crippen LogP contribution in [0, 0.1) is 0 Å². The van der Waals surface area contributed by atoms with Crippen molar-refractivity contribution in [2.24, 2.45) is 0 Å². The van der Waals surface area contributed by atoms with E-state index in [9.17, 15) is 13.2 Å². The Morgan fingerprint density at radius 3 is 1.49 bits per heavy atom. The van der Waals surface area contributed by atoms with Crippen molar-refractivity contribution < 1.29 is 13.2 Å². The average Bonchev–Trinajstić information content (AvgIpc) is 3.05. The molecule has 0 aliphatic heterocycles. The number of anilines is 3. The molecule has 7 aromatic rings. The van der Waals surface area contributed by atoms with Crippen LogP contribution in [-0.4, -0.2) is 4.98 Å². The molecule has 1 aromatic heterocycles. The zero-order chi connectivity index (χ0) is 29.4. The van der Waals surface area contributed by atoms with Gasteiger partial charge in [-0.2, -0.15) is 13.2 Å². The minimum Gasteiger partial charge on any atom is -0.294 e. The molecule has 0 saturated heterocycles. The highest BCUT2D eigenvalue weighted by atomic mass is 19.4. The second kappa shape index (κ2) is 10.8. The van der Waals surface area contributed by atoms with Gasteiger partial charge in [-0.05, 0) is 57.3 Å². The standard InChI is InChI=1S/C38H25F3N2/c39-38(40,41)29-23-24-35(42-25-29)43(30-13-5-2-6-14-30)37-33-17-9-7-15-31(33)36(32-16-8-10-18-34(32)37)28-21-19-27(20-22-28)26-11-3-1-4-12-26/h1-25H. The molecule has 6 aromatic carbocycles. The number of alkyl halides is 3. The molecule has 0 spiro atoms. The Kier molecular flexibility index (Phi) is 6.63. The highest BCUT2D eigenvalue weighted by Crippen LogP contribution is 2.47. The summed E-state index contributed by atoms with van der Waals surface area (Å²) in [5, 5.41) is 4.01. The highest BCUT2D eigenvalue weighted by molar-refractivity contribution is 6.22. The molecule has 208 valence electrons. The lowest BCUT2D eigenvalue weighted by Crippen LogP contribution is -2.14. The Hall–Kier alpha value is -5.42. The summed E-state index contributed by atoms with van der Waals surface area (Å²) in [5.41, 5.74) is 5.34. The van der Waals surface area contributed by atoms with Crippen molar-refractivity contribution in [2.75, 3.05) is 4.90 Å². The van der Waals surface area contributed by atoms with Gasteiger partial charge in [0.2, 0.25) is 0 Å². The lowest BCUT2D eigenvalue weighted by molar-refractivity contribution is -0.137. The van der Waals surface area contributed by atoms with E-state index in [0.717, 1.165) is 67.4 Å². The third-order valence-corrected chi connectivity index (χ3v) is 7.73. The number of pyridine rings is 1. The lowest BCUT2D eigenvalue weighted by Gasteiger charge is -2.28. The zero-order valence-electron chi connectivity index (χ0n) is 23.0. The number of fused-ring (bicyclic) bond motifs is 2. The minimum absolute atomic E-state index is 0.398. The second-order valence-electron chi connectivity index (χ2n) is 10.3. The van der Waals surface area contributed by atoms with Gasteiger partial charge in [0.1, 0.15) is 5.82 Å². The number of hydrogen-bond acceptors (Lipinski definition) is 2. The molecule has 0 N–H and O–H groups in total. The molecule has 0 saturated carbocycles. The summed E-state index contributed by atoms with van der Waals surface area (Å²) in [6, 6.07) is 47.4. The molecular weight excluding hydrogens is 541 g/mol. The maximum Gasteiger partial charge on any atom is 0.417 e. The number of hydrogen-bond donors (Lipinski definition) is 0. The Labute approximate surface area is 247 Å². The maximum atomic E-state index is 13.5. The quantitative estimate of drug-likeness (QED) is 0.193. The fourth-order valence-corrected chi connectivity index (χ4v) is 5.76. The summed E-state index contributed by atoms with van der Waals surface area (Å²) in [6.45, 7) is 0. The van der Waals surface area contributed by atoms with Gasteiger partial charge in [0, 0.05) is 22.7 Å². The lowest BCUT2D eigenvalue weighted by atomic mass is 9.89. The van der Waals surface area contributed by atoms with Crippen molar-refractivity contribution in [3.63, 3.8) is 0 Å². The van der Waals surface area contributed by atoms with Crippen molar-refractivity contribution in [2.45, 2.75) is 6.18 Å². The van der Waals surface area contributed by atoms with Gasteiger partial charge in [0.25, 0.3) is 0 Å². The molecule has 0 fully saturated rings. The molecule has 7 rings (SSSR count). The van der Waals surface area contributed by atoms with Crippen LogP contribution in [0.4, 0.5) is 30.4 Å². The number of para-hydroxylation sites is 1. The number of halogens is 3. The maximum absolute atomic E-state index is 13.5. The first-order valence-electron chi connectivity index (χ1n) is 14.0. The number of nitrogens with zero attached hydrogens (tertiary/aromatic N) is 2. The van der Waals surface area contributed by atoms with Crippen LogP contribution in [0.3, 0.4) is 0 Å². The van der Waals surface area contributed by atoms with Crippen molar-refractivity contribution in [3.8, 4) is 22.3 Å². The van der Waals surface area contributed by atoms with E-state index in [-0.39, 0.29) is 0 Å².